The highest BCUT2D eigenvalue weighted by atomic mass is 33.1. The van der Waals surface area contributed by atoms with Crippen LogP contribution in [-0.2, 0) is 28.2 Å². The van der Waals surface area contributed by atoms with Crippen LogP contribution in [0.15, 0.2) is 29.4 Å². The zero-order valence-electron chi connectivity index (χ0n) is 34.3. The molecule has 1 heterocycles. The van der Waals surface area contributed by atoms with E-state index in [2.05, 4.69) is 28.7 Å². The number of hydrogen-bond acceptors (Lipinski definition) is 10. The van der Waals surface area contributed by atoms with Gasteiger partial charge in [-0.05, 0) is 35.8 Å². The summed E-state index contributed by atoms with van der Waals surface area (Å²) >= 11 is 0. The molecule has 0 saturated heterocycles. The van der Waals surface area contributed by atoms with Gasteiger partial charge in [-0.1, -0.05) is 185 Å². The number of phosphoric ester groups is 1. The third-order valence-electron chi connectivity index (χ3n) is 9.87. The highest BCUT2D eigenvalue weighted by Crippen LogP contribution is 2.36. The molecule has 1 unspecified atom stereocenters. The van der Waals surface area contributed by atoms with E-state index in [9.17, 15) is 28.7 Å². The number of pyridine rings is 1. The van der Waals surface area contributed by atoms with Crippen LogP contribution < -0.4 is 5.32 Å². The molecule has 55 heavy (non-hydrogen) atoms. The number of ether oxygens (including phenoxy) is 1. The van der Waals surface area contributed by atoms with Crippen LogP contribution in [0.1, 0.15) is 194 Å². The Balaban J connectivity index is 2.71. The van der Waals surface area contributed by atoms with Crippen molar-refractivity contribution in [3.05, 3.63) is 24.4 Å². The molecule has 0 radical (unpaired) electrons. The molecule has 1 atom stereocenters. The Morgan fingerprint density at radius 3 is 1.58 bits per heavy atom. The fraction of sp³-hybridized carbons (Fsp3) is 0.810. The van der Waals surface area contributed by atoms with Gasteiger partial charge in [0.1, 0.15) is 5.03 Å². The molecule has 0 saturated carbocycles. The Morgan fingerprint density at radius 2 is 1.15 bits per heavy atom. The molecule has 1 aromatic rings. The largest absolute Gasteiger partial charge is 0.469 e. The van der Waals surface area contributed by atoms with E-state index in [-0.39, 0.29) is 25.1 Å². The Morgan fingerprint density at radius 1 is 0.691 bits per heavy atom. The smallest absolute Gasteiger partial charge is 0.391 e. The van der Waals surface area contributed by atoms with Crippen molar-refractivity contribution in [1.82, 2.24) is 10.3 Å². The van der Waals surface area contributed by atoms with Gasteiger partial charge in [-0.2, -0.15) is 0 Å². The average molecular weight is 831 g/mol. The molecule has 0 bridgehead atoms. The molecule has 13 heteroatoms. The molecule has 3 N–H and O–H groups in total. The third kappa shape index (κ3) is 28.7. The van der Waals surface area contributed by atoms with Gasteiger partial charge in [-0.3, -0.25) is 19.4 Å². The Bertz CT molecular complexity index is 1160. The number of Topliss-reactive ketones (excluding diaryl/α,β-unsaturated/α-hetero) is 1. The summed E-state index contributed by atoms with van der Waals surface area (Å²) in [7, 11) is -2.26. The van der Waals surface area contributed by atoms with Crippen LogP contribution in [0.25, 0.3) is 0 Å². The SMILES string of the molecule is CCCCCCCCCCCCCCCC(=O)OC(=O)C(CSSc1ccccn1)(NCCOP(=O)(O)O)C(=O)CCCCCCCCCCCCCCC. The van der Waals surface area contributed by atoms with E-state index in [0.29, 0.717) is 17.9 Å². The van der Waals surface area contributed by atoms with Crippen molar-refractivity contribution in [3.8, 4) is 0 Å². The second-order valence-corrected chi connectivity index (χ2v) is 18.4. The van der Waals surface area contributed by atoms with Crippen LogP contribution in [0, 0.1) is 0 Å². The molecule has 0 fully saturated rings. The summed E-state index contributed by atoms with van der Waals surface area (Å²) in [5.74, 6) is -2.16. The molecule has 0 aliphatic carbocycles. The van der Waals surface area contributed by atoms with Gasteiger partial charge in [0.25, 0.3) is 0 Å². The minimum atomic E-state index is -4.77. The normalized spacial score (nSPS) is 12.8. The van der Waals surface area contributed by atoms with Gasteiger partial charge in [-0.15, -0.1) is 0 Å². The number of carbonyl (C=O) groups is 3. The first-order chi connectivity index (χ1) is 26.6. The van der Waals surface area contributed by atoms with Gasteiger partial charge in [0.15, 0.2) is 11.3 Å². The number of hydrogen-bond donors (Lipinski definition) is 3. The summed E-state index contributed by atoms with van der Waals surface area (Å²) in [6.07, 6.45) is 32.1. The predicted octanol–water partition coefficient (Wildman–Crippen LogP) is 11.9. The Kier molecular flexibility index (Phi) is 32.7. The number of rotatable bonds is 39. The van der Waals surface area contributed by atoms with E-state index in [1.54, 1.807) is 12.3 Å². The second-order valence-electron chi connectivity index (χ2n) is 14.8. The molecule has 1 rings (SSSR count). The molecule has 10 nitrogen and oxygen atoms in total. The first-order valence-corrected chi connectivity index (χ1v) is 25.4. The average Bonchev–Trinajstić information content (AvgIpc) is 3.16. The van der Waals surface area contributed by atoms with Gasteiger partial charge >= 0.3 is 19.8 Å². The zero-order valence-corrected chi connectivity index (χ0v) is 36.8. The minimum absolute atomic E-state index is 0.0732. The van der Waals surface area contributed by atoms with E-state index in [1.165, 1.54) is 137 Å². The van der Waals surface area contributed by atoms with Crippen molar-refractivity contribution in [2.45, 2.75) is 204 Å². The quantitative estimate of drug-likeness (QED) is 0.0190. The summed E-state index contributed by atoms with van der Waals surface area (Å²) in [4.78, 5) is 63.5. The first-order valence-electron chi connectivity index (χ1n) is 21.6. The van der Waals surface area contributed by atoms with E-state index in [0.717, 1.165) is 38.5 Å². The fourth-order valence-corrected chi connectivity index (χ4v) is 9.19. The third-order valence-corrected chi connectivity index (χ3v) is 12.7. The lowest BCUT2D eigenvalue weighted by molar-refractivity contribution is -0.165. The summed E-state index contributed by atoms with van der Waals surface area (Å²) in [5.41, 5.74) is -1.91. The lowest BCUT2D eigenvalue weighted by atomic mass is 9.91. The molecular formula is C42H75N2O8PS2. The highest BCUT2D eigenvalue weighted by Gasteiger charge is 2.47. The standard InChI is InChI=1S/C42H75N2O8PS2/c1-3-5-7-9-11-13-15-17-19-21-23-25-27-31-38(45)42(44-35-36-51-53(48,49)50,37-54-55-39-32-29-30-34-43-39)41(47)52-40(46)33-28-26-24-22-20-18-16-14-12-10-8-6-4-2/h29-30,32,34,44H,3-28,31,33,35-37H2,1-2H3,(H2,48,49,50). The van der Waals surface area contributed by atoms with Crippen LogP contribution in [0.5, 0.6) is 0 Å². The number of ketones is 1. The van der Waals surface area contributed by atoms with Crippen LogP contribution in [0.4, 0.5) is 0 Å². The molecule has 1 aromatic heterocycles. The lowest BCUT2D eigenvalue weighted by Gasteiger charge is -2.30. The maximum absolute atomic E-state index is 14.0. The Labute approximate surface area is 341 Å². The molecular weight excluding hydrogens is 756 g/mol. The molecule has 0 amide bonds. The topological polar surface area (TPSA) is 152 Å². The molecule has 0 spiro atoms. The summed E-state index contributed by atoms with van der Waals surface area (Å²) in [6.45, 7) is 3.81. The van der Waals surface area contributed by atoms with Crippen LogP contribution in [-0.4, -0.2) is 56.9 Å². The van der Waals surface area contributed by atoms with Gasteiger partial charge in [-0.25, -0.2) is 14.3 Å². The van der Waals surface area contributed by atoms with Gasteiger partial charge < -0.3 is 14.5 Å². The maximum atomic E-state index is 14.0. The summed E-state index contributed by atoms with van der Waals surface area (Å²) in [5, 5.41) is 3.59. The predicted molar refractivity (Wildman–Crippen MR) is 228 cm³/mol. The van der Waals surface area contributed by atoms with Crippen LogP contribution in [0.2, 0.25) is 0 Å². The van der Waals surface area contributed by atoms with Gasteiger partial charge in [0.05, 0.1) is 6.61 Å². The van der Waals surface area contributed by atoms with E-state index < -0.39 is 37.7 Å². The van der Waals surface area contributed by atoms with Gasteiger partial charge in [0, 0.05) is 31.3 Å². The molecule has 0 aliphatic heterocycles. The molecule has 318 valence electrons. The first kappa shape index (κ1) is 51.7. The van der Waals surface area contributed by atoms with E-state index in [4.69, 9.17) is 4.74 Å². The number of aromatic nitrogens is 1. The van der Waals surface area contributed by atoms with Crippen molar-refractivity contribution in [2.75, 3.05) is 18.9 Å². The van der Waals surface area contributed by atoms with Gasteiger partial charge in [0.2, 0.25) is 0 Å². The second kappa shape index (κ2) is 34.7. The van der Waals surface area contributed by atoms with Crippen molar-refractivity contribution in [1.29, 1.82) is 0 Å². The fourth-order valence-electron chi connectivity index (χ4n) is 6.52. The zero-order chi connectivity index (χ0) is 40.3. The minimum Gasteiger partial charge on any atom is -0.391 e. The molecule has 0 aromatic carbocycles. The van der Waals surface area contributed by atoms with Crippen molar-refractivity contribution >= 4 is 47.1 Å². The number of phosphoric acid groups is 1. The van der Waals surface area contributed by atoms with Crippen molar-refractivity contribution < 1.29 is 38.0 Å². The number of carbonyl (C=O) groups excluding carboxylic acids is 3. The number of nitrogens with one attached hydrogen (secondary N) is 1. The monoisotopic (exact) mass is 830 g/mol. The Hall–Kier alpha value is -1.27. The molecule has 0 aliphatic rings. The number of unbranched alkanes of at least 4 members (excludes halogenated alkanes) is 24. The summed E-state index contributed by atoms with van der Waals surface area (Å²) in [6, 6.07) is 5.44. The maximum Gasteiger partial charge on any atom is 0.469 e. The van der Waals surface area contributed by atoms with Crippen molar-refractivity contribution in [2.24, 2.45) is 0 Å². The van der Waals surface area contributed by atoms with E-state index in [1.807, 2.05) is 12.1 Å². The van der Waals surface area contributed by atoms with Crippen LogP contribution >= 0.6 is 29.4 Å². The van der Waals surface area contributed by atoms with Crippen molar-refractivity contribution in [3.63, 3.8) is 0 Å². The van der Waals surface area contributed by atoms with E-state index >= 15 is 0 Å². The van der Waals surface area contributed by atoms with Crippen LogP contribution in [0.3, 0.4) is 0 Å². The lowest BCUT2D eigenvalue weighted by Crippen LogP contribution is -2.61. The number of esters is 2. The summed E-state index contributed by atoms with van der Waals surface area (Å²) < 4.78 is 21.3. The highest BCUT2D eigenvalue weighted by molar-refractivity contribution is 8.76. The number of nitrogens with zero attached hydrogens (tertiary/aromatic N) is 1.